The van der Waals surface area contributed by atoms with E-state index in [0.717, 1.165) is 18.4 Å². The van der Waals surface area contributed by atoms with Gasteiger partial charge < -0.3 is 4.74 Å². The molecule has 0 aromatic heterocycles. The minimum atomic E-state index is 0.567. The number of ether oxygens (including phenoxy) is 1. The van der Waals surface area contributed by atoms with Crippen LogP contribution < -0.4 is 0 Å². The fourth-order valence-corrected chi connectivity index (χ4v) is 2.36. The zero-order valence-electron chi connectivity index (χ0n) is 9.38. The lowest BCUT2D eigenvalue weighted by atomic mass is 9.83. The molecule has 0 aromatic rings. The first-order valence-corrected chi connectivity index (χ1v) is 5.93. The van der Waals surface area contributed by atoms with Gasteiger partial charge in [-0.05, 0) is 24.7 Å². The second kappa shape index (κ2) is 5.64. The van der Waals surface area contributed by atoms with Crippen LogP contribution in [0.15, 0.2) is 0 Å². The standard InChI is InChI=1S/C12H24O/c1-4-7-12-11(6-3)8-10(5-2)9-13-12/h10-12H,4-9H2,1-3H3. The van der Waals surface area contributed by atoms with Gasteiger partial charge in [0.15, 0.2) is 0 Å². The van der Waals surface area contributed by atoms with Gasteiger partial charge in [0.1, 0.15) is 0 Å². The molecule has 1 saturated heterocycles. The first kappa shape index (κ1) is 11.0. The van der Waals surface area contributed by atoms with Crippen molar-refractivity contribution in [3.8, 4) is 0 Å². The minimum absolute atomic E-state index is 0.567. The van der Waals surface area contributed by atoms with Crippen molar-refractivity contribution in [2.45, 2.75) is 59.0 Å². The summed E-state index contributed by atoms with van der Waals surface area (Å²) in [7, 11) is 0. The molecule has 0 saturated carbocycles. The third kappa shape index (κ3) is 2.98. The first-order chi connectivity index (χ1) is 6.31. The van der Waals surface area contributed by atoms with Gasteiger partial charge in [0.2, 0.25) is 0 Å². The van der Waals surface area contributed by atoms with Gasteiger partial charge in [-0.1, -0.05) is 40.0 Å². The topological polar surface area (TPSA) is 9.23 Å². The van der Waals surface area contributed by atoms with Gasteiger partial charge in [0.25, 0.3) is 0 Å². The van der Waals surface area contributed by atoms with Gasteiger partial charge in [-0.2, -0.15) is 0 Å². The van der Waals surface area contributed by atoms with E-state index in [1.165, 1.54) is 32.1 Å². The van der Waals surface area contributed by atoms with Crippen LogP contribution in [0.25, 0.3) is 0 Å². The Labute approximate surface area is 82.9 Å². The molecule has 0 bridgehead atoms. The number of hydrogen-bond donors (Lipinski definition) is 0. The number of rotatable bonds is 4. The van der Waals surface area contributed by atoms with Gasteiger partial charge in [0.05, 0.1) is 6.10 Å². The maximum absolute atomic E-state index is 5.93. The summed E-state index contributed by atoms with van der Waals surface area (Å²) >= 11 is 0. The van der Waals surface area contributed by atoms with Crippen molar-refractivity contribution in [3.05, 3.63) is 0 Å². The molecule has 1 aliphatic rings. The normalized spacial score (nSPS) is 34.8. The SMILES string of the molecule is CCCC1OCC(CC)CC1CC. The van der Waals surface area contributed by atoms with E-state index in [-0.39, 0.29) is 0 Å². The zero-order valence-corrected chi connectivity index (χ0v) is 9.38. The quantitative estimate of drug-likeness (QED) is 0.648. The Morgan fingerprint density at radius 2 is 1.92 bits per heavy atom. The molecule has 1 fully saturated rings. The maximum atomic E-state index is 5.93. The van der Waals surface area contributed by atoms with E-state index >= 15 is 0 Å². The van der Waals surface area contributed by atoms with Crippen LogP contribution in [0.3, 0.4) is 0 Å². The highest BCUT2D eigenvalue weighted by Crippen LogP contribution is 2.31. The van der Waals surface area contributed by atoms with Crippen LogP contribution in [-0.2, 0) is 4.74 Å². The summed E-state index contributed by atoms with van der Waals surface area (Å²) in [6, 6.07) is 0. The summed E-state index contributed by atoms with van der Waals surface area (Å²) in [6.07, 6.45) is 7.07. The van der Waals surface area contributed by atoms with Crippen LogP contribution in [0.1, 0.15) is 52.9 Å². The molecule has 3 atom stereocenters. The lowest BCUT2D eigenvalue weighted by Crippen LogP contribution is -2.34. The van der Waals surface area contributed by atoms with Crippen molar-refractivity contribution < 1.29 is 4.74 Å². The molecule has 0 amide bonds. The smallest absolute Gasteiger partial charge is 0.0603 e. The summed E-state index contributed by atoms with van der Waals surface area (Å²) in [5, 5.41) is 0. The molecule has 0 spiro atoms. The van der Waals surface area contributed by atoms with Gasteiger partial charge in [-0.15, -0.1) is 0 Å². The molecule has 78 valence electrons. The molecule has 1 heteroatoms. The fourth-order valence-electron chi connectivity index (χ4n) is 2.36. The Hall–Kier alpha value is -0.0400. The number of hydrogen-bond acceptors (Lipinski definition) is 1. The van der Waals surface area contributed by atoms with Crippen molar-refractivity contribution in [3.63, 3.8) is 0 Å². The highest BCUT2D eigenvalue weighted by atomic mass is 16.5. The van der Waals surface area contributed by atoms with E-state index in [0.29, 0.717) is 6.10 Å². The van der Waals surface area contributed by atoms with Gasteiger partial charge in [-0.25, -0.2) is 0 Å². The first-order valence-electron chi connectivity index (χ1n) is 5.93. The van der Waals surface area contributed by atoms with Crippen molar-refractivity contribution in [1.82, 2.24) is 0 Å². The zero-order chi connectivity index (χ0) is 9.68. The summed E-state index contributed by atoms with van der Waals surface area (Å²) in [6.45, 7) is 7.84. The van der Waals surface area contributed by atoms with Gasteiger partial charge in [-0.3, -0.25) is 0 Å². The summed E-state index contributed by atoms with van der Waals surface area (Å²) in [4.78, 5) is 0. The summed E-state index contributed by atoms with van der Waals surface area (Å²) in [5.41, 5.74) is 0. The Kier molecular flexibility index (Phi) is 4.79. The molecule has 1 nitrogen and oxygen atoms in total. The van der Waals surface area contributed by atoms with E-state index in [9.17, 15) is 0 Å². The molecule has 1 heterocycles. The largest absolute Gasteiger partial charge is 0.378 e. The van der Waals surface area contributed by atoms with Gasteiger partial charge in [0, 0.05) is 6.61 Å². The van der Waals surface area contributed by atoms with E-state index in [1.807, 2.05) is 0 Å². The molecular weight excluding hydrogens is 160 g/mol. The van der Waals surface area contributed by atoms with E-state index in [1.54, 1.807) is 0 Å². The van der Waals surface area contributed by atoms with Gasteiger partial charge >= 0.3 is 0 Å². The molecule has 0 N–H and O–H groups in total. The Bertz CT molecular complexity index is 133. The third-order valence-corrected chi connectivity index (χ3v) is 3.38. The highest BCUT2D eigenvalue weighted by molar-refractivity contribution is 4.77. The Morgan fingerprint density at radius 1 is 1.15 bits per heavy atom. The predicted octanol–water partition coefficient (Wildman–Crippen LogP) is 3.63. The van der Waals surface area contributed by atoms with Crippen LogP contribution in [0.4, 0.5) is 0 Å². The molecule has 3 unspecified atom stereocenters. The van der Waals surface area contributed by atoms with Crippen LogP contribution in [0, 0.1) is 11.8 Å². The van der Waals surface area contributed by atoms with Crippen molar-refractivity contribution in [1.29, 1.82) is 0 Å². The predicted molar refractivity (Wildman–Crippen MR) is 56.8 cm³/mol. The molecule has 13 heavy (non-hydrogen) atoms. The monoisotopic (exact) mass is 184 g/mol. The lowest BCUT2D eigenvalue weighted by molar-refractivity contribution is -0.0618. The molecule has 0 aliphatic carbocycles. The van der Waals surface area contributed by atoms with E-state index in [2.05, 4.69) is 20.8 Å². The average molecular weight is 184 g/mol. The molecule has 1 aliphatic heterocycles. The van der Waals surface area contributed by atoms with E-state index < -0.39 is 0 Å². The second-order valence-corrected chi connectivity index (χ2v) is 4.34. The van der Waals surface area contributed by atoms with Crippen molar-refractivity contribution in [2.24, 2.45) is 11.8 Å². The lowest BCUT2D eigenvalue weighted by Gasteiger charge is -2.35. The molecule has 0 radical (unpaired) electrons. The summed E-state index contributed by atoms with van der Waals surface area (Å²) < 4.78 is 5.93. The molecule has 0 aromatic carbocycles. The second-order valence-electron chi connectivity index (χ2n) is 4.34. The Balaban J connectivity index is 2.40. The Morgan fingerprint density at radius 3 is 2.46 bits per heavy atom. The fraction of sp³-hybridized carbons (Fsp3) is 1.00. The third-order valence-electron chi connectivity index (χ3n) is 3.38. The average Bonchev–Trinajstić information content (AvgIpc) is 2.19. The van der Waals surface area contributed by atoms with Crippen LogP contribution in [0.2, 0.25) is 0 Å². The molecule has 1 rings (SSSR count). The minimum Gasteiger partial charge on any atom is -0.378 e. The van der Waals surface area contributed by atoms with Crippen molar-refractivity contribution >= 4 is 0 Å². The summed E-state index contributed by atoms with van der Waals surface area (Å²) in [5.74, 6) is 1.66. The van der Waals surface area contributed by atoms with Crippen LogP contribution in [-0.4, -0.2) is 12.7 Å². The maximum Gasteiger partial charge on any atom is 0.0603 e. The highest BCUT2D eigenvalue weighted by Gasteiger charge is 2.28. The van der Waals surface area contributed by atoms with Crippen LogP contribution in [0.5, 0.6) is 0 Å². The van der Waals surface area contributed by atoms with Crippen LogP contribution >= 0.6 is 0 Å². The molecular formula is C12H24O. The van der Waals surface area contributed by atoms with E-state index in [4.69, 9.17) is 4.74 Å². The van der Waals surface area contributed by atoms with Crippen molar-refractivity contribution in [2.75, 3.05) is 6.61 Å².